The van der Waals surface area contributed by atoms with Gasteiger partial charge in [-0.3, -0.25) is 38.6 Å². The van der Waals surface area contributed by atoms with Gasteiger partial charge in [-0.15, -0.1) is 0 Å². The minimum Gasteiger partial charge on any atom is -0.481 e. The Morgan fingerprint density at radius 3 is 1.77 bits per heavy atom. The van der Waals surface area contributed by atoms with Crippen LogP contribution in [0.2, 0.25) is 0 Å². The van der Waals surface area contributed by atoms with Crippen molar-refractivity contribution < 1.29 is 58.8 Å². The number of aliphatic imine (C=N–C) groups is 1. The van der Waals surface area contributed by atoms with Crippen LogP contribution in [0.15, 0.2) is 35.3 Å². The summed E-state index contributed by atoms with van der Waals surface area (Å²) in [4.78, 5) is 104. The average molecular weight is 752 g/mol. The molecular formula is C32H49N9O12. The molecule has 0 radical (unpaired) electrons. The number of amides is 5. The van der Waals surface area contributed by atoms with Gasteiger partial charge in [0.15, 0.2) is 5.96 Å². The van der Waals surface area contributed by atoms with Crippen molar-refractivity contribution in [3.8, 4) is 0 Å². The van der Waals surface area contributed by atoms with Crippen molar-refractivity contribution in [2.24, 2.45) is 28.1 Å². The van der Waals surface area contributed by atoms with Gasteiger partial charge in [0.05, 0.1) is 19.1 Å². The second-order valence-electron chi connectivity index (χ2n) is 12.3. The van der Waals surface area contributed by atoms with E-state index in [9.17, 15) is 53.7 Å². The van der Waals surface area contributed by atoms with Crippen LogP contribution in [-0.2, 0) is 44.8 Å². The number of guanidine groups is 1. The maximum Gasteiger partial charge on any atom is 0.326 e. The third kappa shape index (κ3) is 17.3. The van der Waals surface area contributed by atoms with Gasteiger partial charge in [-0.2, -0.15) is 0 Å². The van der Waals surface area contributed by atoms with Gasteiger partial charge in [0.25, 0.3) is 0 Å². The third-order valence-electron chi connectivity index (χ3n) is 7.56. The Hall–Kier alpha value is -5.83. The van der Waals surface area contributed by atoms with Crippen molar-refractivity contribution in [3.63, 3.8) is 0 Å². The number of carbonyl (C=O) groups is 8. The first-order valence-electron chi connectivity index (χ1n) is 16.5. The van der Waals surface area contributed by atoms with Crippen molar-refractivity contribution in [3.05, 3.63) is 35.9 Å². The number of rotatable bonds is 24. The van der Waals surface area contributed by atoms with Crippen LogP contribution < -0.4 is 43.8 Å². The molecular weight excluding hydrogens is 702 g/mol. The Kier molecular flexibility index (Phi) is 19.5. The molecule has 0 aliphatic rings. The largest absolute Gasteiger partial charge is 0.481 e. The smallest absolute Gasteiger partial charge is 0.326 e. The zero-order chi connectivity index (χ0) is 40.2. The maximum atomic E-state index is 13.4. The number of benzene rings is 1. The number of nitrogens with two attached hydrogens (primary N) is 3. The molecule has 0 heterocycles. The highest BCUT2D eigenvalue weighted by molar-refractivity contribution is 5.97. The average Bonchev–Trinajstić information content (AvgIpc) is 3.08. The molecule has 0 aliphatic carbocycles. The van der Waals surface area contributed by atoms with Gasteiger partial charge in [-0.25, -0.2) is 4.79 Å². The molecule has 1 rings (SSSR count). The van der Waals surface area contributed by atoms with E-state index in [4.69, 9.17) is 22.3 Å². The number of hydrogen-bond acceptors (Lipinski definition) is 11. The molecule has 1 aromatic carbocycles. The molecule has 0 fully saturated rings. The van der Waals surface area contributed by atoms with Crippen molar-refractivity contribution in [2.45, 2.75) is 88.6 Å². The van der Waals surface area contributed by atoms with Crippen LogP contribution >= 0.6 is 0 Å². The van der Waals surface area contributed by atoms with Crippen LogP contribution in [0.25, 0.3) is 0 Å². The van der Waals surface area contributed by atoms with Gasteiger partial charge >= 0.3 is 17.9 Å². The SMILES string of the molecule is CC(C)C(NC(=O)C(N)CCCN=C(N)N)C(=O)NC(CO)C(=O)NC(CC(=O)O)C(=O)NC(Cc1ccccc1)C(=O)NC(CCC(=O)O)C(=O)O. The van der Waals surface area contributed by atoms with E-state index in [2.05, 4.69) is 31.6 Å². The molecule has 21 nitrogen and oxygen atoms in total. The summed E-state index contributed by atoms with van der Waals surface area (Å²) < 4.78 is 0. The Labute approximate surface area is 304 Å². The number of nitrogens with one attached hydrogen (secondary N) is 5. The summed E-state index contributed by atoms with van der Waals surface area (Å²) in [7, 11) is 0. The summed E-state index contributed by atoms with van der Waals surface area (Å²) in [6.45, 7) is 2.37. The Morgan fingerprint density at radius 2 is 1.25 bits per heavy atom. The predicted octanol–water partition coefficient (Wildman–Crippen LogP) is -3.89. The zero-order valence-electron chi connectivity index (χ0n) is 29.3. The van der Waals surface area contributed by atoms with Gasteiger partial charge in [-0.05, 0) is 30.7 Å². The van der Waals surface area contributed by atoms with Gasteiger partial charge in [0.2, 0.25) is 29.5 Å². The second-order valence-corrected chi connectivity index (χ2v) is 12.3. The first-order chi connectivity index (χ1) is 24.9. The fourth-order valence-electron chi connectivity index (χ4n) is 4.69. The lowest BCUT2D eigenvalue weighted by Gasteiger charge is -2.27. The van der Waals surface area contributed by atoms with Gasteiger partial charge in [-0.1, -0.05) is 44.2 Å². The summed E-state index contributed by atoms with van der Waals surface area (Å²) in [5.41, 5.74) is 16.9. The second kappa shape index (κ2) is 22.9. The number of carbonyl (C=O) groups excluding carboxylic acids is 5. The van der Waals surface area contributed by atoms with E-state index in [1.54, 1.807) is 44.2 Å². The number of nitrogens with zero attached hydrogens (tertiary/aromatic N) is 1. The molecule has 5 amide bonds. The predicted molar refractivity (Wildman–Crippen MR) is 186 cm³/mol. The van der Waals surface area contributed by atoms with Crippen molar-refractivity contribution in [2.75, 3.05) is 13.2 Å². The highest BCUT2D eigenvalue weighted by atomic mass is 16.4. The summed E-state index contributed by atoms with van der Waals surface area (Å²) in [5, 5.41) is 49.2. The fourth-order valence-corrected chi connectivity index (χ4v) is 4.69. The Morgan fingerprint density at radius 1 is 0.698 bits per heavy atom. The summed E-state index contributed by atoms with van der Waals surface area (Å²) in [6.07, 6.45) is -1.80. The number of aliphatic hydroxyl groups excluding tert-OH is 1. The number of carboxylic acid groups (broad SMARTS) is 3. The van der Waals surface area contributed by atoms with Gasteiger partial charge < -0.3 is 64.2 Å². The van der Waals surface area contributed by atoms with Crippen LogP contribution in [0, 0.1) is 5.92 Å². The van der Waals surface area contributed by atoms with E-state index in [1.807, 2.05) is 0 Å². The molecule has 1 aromatic rings. The number of hydrogen-bond donors (Lipinski definition) is 12. The molecule has 0 aliphatic heterocycles. The molecule has 15 N–H and O–H groups in total. The summed E-state index contributed by atoms with van der Waals surface area (Å²) in [5.74, 6) is -10.1. The van der Waals surface area contributed by atoms with Crippen molar-refractivity contribution in [1.82, 2.24) is 26.6 Å². The maximum absolute atomic E-state index is 13.4. The molecule has 0 saturated heterocycles. The quantitative estimate of drug-likeness (QED) is 0.0273. The standard InChI is InChI=1S/C32H49N9O12/c1-16(2)25(41-26(47)18(33)9-6-12-36-32(34)35)30(51)40-22(15-42)29(50)39-21(14-24(45)46)28(49)38-20(13-17-7-4-3-5-8-17)27(48)37-19(31(52)53)10-11-23(43)44/h3-5,7-8,16,18-22,25,42H,6,9-15,33H2,1-2H3,(H,37,48)(H,38,49)(H,39,50)(H,40,51)(H,41,47)(H,43,44)(H,45,46)(H,52,53)(H4,34,35,36). The Bertz CT molecular complexity index is 1470. The monoisotopic (exact) mass is 751 g/mol. The minimum atomic E-state index is -1.88. The van der Waals surface area contributed by atoms with E-state index in [0.29, 0.717) is 12.0 Å². The molecule has 294 valence electrons. The molecule has 6 atom stereocenters. The molecule has 0 aromatic heterocycles. The van der Waals surface area contributed by atoms with Crippen LogP contribution in [-0.4, -0.2) is 123 Å². The van der Waals surface area contributed by atoms with Crippen LogP contribution in [0.5, 0.6) is 0 Å². The van der Waals surface area contributed by atoms with Crippen molar-refractivity contribution in [1.29, 1.82) is 0 Å². The third-order valence-corrected chi connectivity index (χ3v) is 7.56. The minimum absolute atomic E-state index is 0.131. The zero-order valence-corrected chi connectivity index (χ0v) is 29.3. The summed E-state index contributed by atoms with van der Waals surface area (Å²) in [6, 6.07) is -1.000. The first kappa shape index (κ1) is 45.2. The molecule has 53 heavy (non-hydrogen) atoms. The topological polar surface area (TPSA) is 368 Å². The first-order valence-corrected chi connectivity index (χ1v) is 16.5. The number of carboxylic acids is 3. The van der Waals surface area contributed by atoms with Crippen molar-refractivity contribution >= 4 is 53.4 Å². The molecule has 0 spiro atoms. The number of aliphatic carboxylic acids is 3. The van der Waals surface area contributed by atoms with E-state index in [-0.39, 0.29) is 25.3 Å². The highest BCUT2D eigenvalue weighted by Crippen LogP contribution is 2.08. The van der Waals surface area contributed by atoms with Crippen LogP contribution in [0.4, 0.5) is 0 Å². The van der Waals surface area contributed by atoms with E-state index in [1.165, 1.54) is 0 Å². The van der Waals surface area contributed by atoms with Crippen LogP contribution in [0.3, 0.4) is 0 Å². The normalized spacial score (nSPS) is 14.2. The highest BCUT2D eigenvalue weighted by Gasteiger charge is 2.34. The van der Waals surface area contributed by atoms with E-state index < -0.39 is 115 Å². The molecule has 21 heteroatoms. The molecule has 0 saturated carbocycles. The molecule has 6 unspecified atom stereocenters. The van der Waals surface area contributed by atoms with E-state index >= 15 is 0 Å². The fraction of sp³-hybridized carbons (Fsp3) is 0.531. The van der Waals surface area contributed by atoms with Crippen LogP contribution in [0.1, 0.15) is 51.5 Å². The lowest BCUT2D eigenvalue weighted by atomic mass is 10.0. The lowest BCUT2D eigenvalue weighted by molar-refractivity contribution is -0.144. The van der Waals surface area contributed by atoms with Gasteiger partial charge in [0.1, 0.15) is 30.2 Å². The number of aliphatic hydroxyl groups is 1. The van der Waals surface area contributed by atoms with E-state index in [0.717, 1.165) is 0 Å². The molecule has 0 bridgehead atoms. The summed E-state index contributed by atoms with van der Waals surface area (Å²) >= 11 is 0. The van der Waals surface area contributed by atoms with Gasteiger partial charge in [0, 0.05) is 19.4 Å². The Balaban J connectivity index is 3.15. The lowest BCUT2D eigenvalue weighted by Crippen LogP contribution is -2.61.